The average Bonchev–Trinajstić information content (AvgIpc) is 2.92. The number of hydrogen-bond acceptors (Lipinski definition) is 5. The van der Waals surface area contributed by atoms with Crippen LogP contribution >= 0.6 is 23.6 Å². The average molecular weight is 327 g/mol. The molecular formula is C12H13N3O2S3. The summed E-state index contributed by atoms with van der Waals surface area (Å²) in [4.78, 5) is 4.42. The topological polar surface area (TPSA) is 85.1 Å². The largest absolute Gasteiger partial charge is 0.389 e. The molecule has 1 aromatic heterocycles. The Bertz CT molecular complexity index is 696. The summed E-state index contributed by atoms with van der Waals surface area (Å²) in [6, 6.07) is 6.27. The monoisotopic (exact) mass is 327 g/mol. The summed E-state index contributed by atoms with van der Waals surface area (Å²) < 4.78 is 26.8. The number of aromatic nitrogens is 1. The van der Waals surface area contributed by atoms with Gasteiger partial charge in [0.15, 0.2) is 0 Å². The number of benzene rings is 1. The van der Waals surface area contributed by atoms with Crippen molar-refractivity contribution in [1.82, 2.24) is 9.71 Å². The highest BCUT2D eigenvalue weighted by Crippen LogP contribution is 2.12. The molecule has 0 saturated carbocycles. The van der Waals surface area contributed by atoms with E-state index in [0.717, 1.165) is 5.01 Å². The van der Waals surface area contributed by atoms with Crippen molar-refractivity contribution in [1.29, 1.82) is 0 Å². The summed E-state index contributed by atoms with van der Waals surface area (Å²) in [5.41, 5.74) is 6.03. The van der Waals surface area contributed by atoms with E-state index in [1.165, 1.54) is 23.5 Å². The van der Waals surface area contributed by atoms with Crippen LogP contribution in [0.3, 0.4) is 0 Å². The number of nitrogens with one attached hydrogen (secondary N) is 1. The molecule has 1 heterocycles. The number of sulfonamides is 1. The normalized spacial score (nSPS) is 11.4. The molecule has 8 heteroatoms. The first-order valence-electron chi connectivity index (χ1n) is 5.77. The van der Waals surface area contributed by atoms with Gasteiger partial charge in [-0.3, -0.25) is 0 Å². The predicted molar refractivity (Wildman–Crippen MR) is 83.3 cm³/mol. The van der Waals surface area contributed by atoms with Crippen LogP contribution < -0.4 is 10.5 Å². The zero-order valence-electron chi connectivity index (χ0n) is 10.4. The van der Waals surface area contributed by atoms with Crippen LogP contribution in [0.2, 0.25) is 0 Å². The lowest BCUT2D eigenvalue weighted by molar-refractivity contribution is 0.581. The lowest BCUT2D eigenvalue weighted by Crippen LogP contribution is -2.26. The molecule has 2 aromatic rings. The third-order valence-electron chi connectivity index (χ3n) is 2.54. The Labute approximate surface area is 126 Å². The van der Waals surface area contributed by atoms with Crippen molar-refractivity contribution in [3.05, 3.63) is 46.4 Å². The maximum Gasteiger partial charge on any atom is 0.240 e. The molecule has 0 aliphatic carbocycles. The molecule has 0 spiro atoms. The van der Waals surface area contributed by atoms with E-state index in [1.54, 1.807) is 18.3 Å². The third kappa shape index (κ3) is 3.83. The van der Waals surface area contributed by atoms with E-state index in [-0.39, 0.29) is 9.88 Å². The van der Waals surface area contributed by atoms with E-state index in [9.17, 15) is 8.42 Å². The SMILES string of the molecule is NC(=S)c1cccc(S(=O)(=O)NCCc2nccs2)c1. The molecule has 0 radical (unpaired) electrons. The van der Waals surface area contributed by atoms with Crippen LogP contribution in [0.25, 0.3) is 0 Å². The standard InChI is InChI=1S/C12H13N3O2S3/c13-12(18)9-2-1-3-10(8-9)20(16,17)15-5-4-11-14-6-7-19-11/h1-3,6-8,15H,4-5H2,(H2,13,18). The second-order valence-corrected chi connectivity index (χ2v) is 7.15. The summed E-state index contributed by atoms with van der Waals surface area (Å²) in [6.07, 6.45) is 2.26. The Morgan fingerprint density at radius 2 is 2.25 bits per heavy atom. The molecule has 0 bridgehead atoms. The highest BCUT2D eigenvalue weighted by molar-refractivity contribution is 7.89. The van der Waals surface area contributed by atoms with Crippen LogP contribution in [0.4, 0.5) is 0 Å². The van der Waals surface area contributed by atoms with Crippen LogP contribution in [-0.4, -0.2) is 24.9 Å². The van der Waals surface area contributed by atoms with Gasteiger partial charge in [0.1, 0.15) is 4.99 Å². The fourth-order valence-electron chi connectivity index (χ4n) is 1.57. The molecule has 0 atom stereocenters. The molecule has 1 aromatic carbocycles. The predicted octanol–water partition coefficient (Wildman–Crippen LogP) is 1.30. The van der Waals surface area contributed by atoms with Gasteiger partial charge in [-0.05, 0) is 12.1 Å². The second-order valence-electron chi connectivity index (χ2n) is 3.97. The van der Waals surface area contributed by atoms with Gasteiger partial charge in [0, 0.05) is 30.1 Å². The minimum atomic E-state index is -3.56. The van der Waals surface area contributed by atoms with E-state index in [4.69, 9.17) is 18.0 Å². The van der Waals surface area contributed by atoms with Gasteiger partial charge in [-0.2, -0.15) is 0 Å². The number of rotatable bonds is 6. The van der Waals surface area contributed by atoms with Crippen molar-refractivity contribution in [2.24, 2.45) is 5.73 Å². The first kappa shape index (κ1) is 15.0. The summed E-state index contributed by atoms with van der Waals surface area (Å²) in [5.74, 6) is 0. The Morgan fingerprint density at radius 3 is 2.90 bits per heavy atom. The van der Waals surface area contributed by atoms with Gasteiger partial charge in [0.2, 0.25) is 10.0 Å². The van der Waals surface area contributed by atoms with E-state index in [2.05, 4.69) is 9.71 Å². The Balaban J connectivity index is 2.06. The minimum Gasteiger partial charge on any atom is -0.389 e. The molecule has 0 unspecified atom stereocenters. The van der Waals surface area contributed by atoms with Gasteiger partial charge in [-0.25, -0.2) is 18.1 Å². The fourth-order valence-corrected chi connectivity index (χ4v) is 3.39. The summed E-state index contributed by atoms with van der Waals surface area (Å²) in [7, 11) is -3.56. The lowest BCUT2D eigenvalue weighted by atomic mass is 10.2. The maximum absolute atomic E-state index is 12.1. The van der Waals surface area contributed by atoms with Gasteiger partial charge in [-0.1, -0.05) is 24.4 Å². The van der Waals surface area contributed by atoms with Crippen LogP contribution in [0, 0.1) is 0 Å². The molecule has 0 aliphatic rings. The molecule has 0 saturated heterocycles. The van der Waals surface area contributed by atoms with Gasteiger partial charge in [0.25, 0.3) is 0 Å². The zero-order chi connectivity index (χ0) is 14.6. The highest BCUT2D eigenvalue weighted by Gasteiger charge is 2.14. The van der Waals surface area contributed by atoms with Crippen molar-refractivity contribution in [3.63, 3.8) is 0 Å². The quantitative estimate of drug-likeness (QED) is 0.781. The number of hydrogen-bond donors (Lipinski definition) is 2. The number of thiazole rings is 1. The number of thiocarbonyl (C=S) groups is 1. The van der Waals surface area contributed by atoms with Gasteiger partial charge in [0.05, 0.1) is 9.90 Å². The molecule has 106 valence electrons. The zero-order valence-corrected chi connectivity index (χ0v) is 12.9. The summed E-state index contributed by atoms with van der Waals surface area (Å²) >= 11 is 6.34. The van der Waals surface area contributed by atoms with Crippen LogP contribution in [0.1, 0.15) is 10.6 Å². The maximum atomic E-state index is 12.1. The van der Waals surface area contributed by atoms with Crippen molar-refractivity contribution in [2.75, 3.05) is 6.54 Å². The lowest BCUT2D eigenvalue weighted by Gasteiger charge is -2.07. The molecule has 0 fully saturated rings. The smallest absolute Gasteiger partial charge is 0.240 e. The van der Waals surface area contributed by atoms with Crippen molar-refractivity contribution in [3.8, 4) is 0 Å². The molecule has 0 amide bonds. The Kier molecular flexibility index (Phi) is 4.81. The minimum absolute atomic E-state index is 0.155. The Hall–Kier alpha value is -1.35. The molecular weight excluding hydrogens is 314 g/mol. The van der Waals surface area contributed by atoms with Crippen LogP contribution in [-0.2, 0) is 16.4 Å². The molecule has 2 rings (SSSR count). The number of nitrogens with zero attached hydrogens (tertiary/aromatic N) is 1. The van der Waals surface area contributed by atoms with Crippen molar-refractivity contribution in [2.45, 2.75) is 11.3 Å². The van der Waals surface area contributed by atoms with Crippen LogP contribution in [0.5, 0.6) is 0 Å². The molecule has 5 nitrogen and oxygen atoms in total. The van der Waals surface area contributed by atoms with Gasteiger partial charge >= 0.3 is 0 Å². The van der Waals surface area contributed by atoms with Crippen molar-refractivity contribution >= 4 is 38.6 Å². The van der Waals surface area contributed by atoms with Crippen LogP contribution in [0.15, 0.2) is 40.7 Å². The van der Waals surface area contributed by atoms with Gasteiger partial charge < -0.3 is 5.73 Å². The second kappa shape index (κ2) is 6.40. The van der Waals surface area contributed by atoms with E-state index in [0.29, 0.717) is 18.5 Å². The summed E-state index contributed by atoms with van der Waals surface area (Å²) in [5, 5.41) is 2.75. The van der Waals surface area contributed by atoms with Crippen molar-refractivity contribution < 1.29 is 8.42 Å². The third-order valence-corrected chi connectivity index (χ3v) is 5.08. The highest BCUT2D eigenvalue weighted by atomic mass is 32.2. The first-order valence-corrected chi connectivity index (χ1v) is 8.54. The molecule has 0 aliphatic heterocycles. The Morgan fingerprint density at radius 1 is 1.45 bits per heavy atom. The van der Waals surface area contributed by atoms with E-state index < -0.39 is 10.0 Å². The number of nitrogens with two attached hydrogens (primary N) is 1. The summed E-state index contributed by atoms with van der Waals surface area (Å²) in [6.45, 7) is 0.299. The van der Waals surface area contributed by atoms with E-state index >= 15 is 0 Å². The molecule has 20 heavy (non-hydrogen) atoms. The fraction of sp³-hybridized carbons (Fsp3) is 0.167. The van der Waals surface area contributed by atoms with E-state index in [1.807, 2.05) is 5.38 Å². The van der Waals surface area contributed by atoms with Gasteiger partial charge in [-0.15, -0.1) is 11.3 Å². The molecule has 3 N–H and O–H groups in total. The first-order chi connectivity index (χ1) is 9.49.